The largest absolute Gasteiger partial charge is 0.394 e. The standard InChI is InChI=1S/C27H47NO16/c1-8-9(2)40-13(6-30)24(16(8)32)43-27-23(39)21(37)25(14(7-31)42-27)44-26-22(38)19(35)15(10(3)41-26)28-12-4-11(5-29)17(33)20(36)18(12)34/h4,8-10,12-39H,5-7H2,1-3H3. The lowest BCUT2D eigenvalue weighted by Gasteiger charge is -2.49. The monoisotopic (exact) mass is 641 g/mol. The van der Waals surface area contributed by atoms with Crippen molar-refractivity contribution in [1.82, 2.24) is 5.32 Å². The maximum absolute atomic E-state index is 11.0. The first-order valence-electron chi connectivity index (χ1n) is 14.8. The second-order valence-electron chi connectivity index (χ2n) is 12.1. The minimum atomic E-state index is -1.79. The van der Waals surface area contributed by atoms with Gasteiger partial charge in [0.15, 0.2) is 12.6 Å². The third-order valence-corrected chi connectivity index (χ3v) is 9.19. The summed E-state index contributed by atoms with van der Waals surface area (Å²) in [5.41, 5.74) is 0.0459. The van der Waals surface area contributed by atoms with Crippen LogP contribution >= 0.6 is 0 Å². The highest BCUT2D eigenvalue weighted by Crippen LogP contribution is 2.34. The molecule has 0 saturated carbocycles. The van der Waals surface area contributed by atoms with Gasteiger partial charge in [-0.05, 0) is 19.4 Å². The highest BCUT2D eigenvalue weighted by molar-refractivity contribution is 5.22. The Balaban J connectivity index is 1.42. The van der Waals surface area contributed by atoms with Crippen molar-refractivity contribution in [3.63, 3.8) is 0 Å². The molecule has 256 valence electrons. The topological polar surface area (TPSA) is 281 Å². The molecule has 12 N–H and O–H groups in total. The van der Waals surface area contributed by atoms with E-state index in [1.54, 1.807) is 13.8 Å². The normalized spacial score (nSPS) is 52.0. The molecule has 4 rings (SSSR count). The predicted molar refractivity (Wildman–Crippen MR) is 144 cm³/mol. The Morgan fingerprint density at radius 1 is 0.636 bits per heavy atom. The highest BCUT2D eigenvalue weighted by atomic mass is 16.7. The van der Waals surface area contributed by atoms with Crippen LogP contribution in [0.2, 0.25) is 0 Å². The molecule has 19 unspecified atom stereocenters. The Hall–Kier alpha value is -0.940. The molecule has 0 aromatic rings. The molecule has 0 amide bonds. The van der Waals surface area contributed by atoms with Crippen molar-refractivity contribution >= 4 is 0 Å². The Bertz CT molecular complexity index is 957. The van der Waals surface area contributed by atoms with Crippen molar-refractivity contribution in [3.8, 4) is 0 Å². The first-order chi connectivity index (χ1) is 20.7. The van der Waals surface area contributed by atoms with E-state index in [4.69, 9.17) is 23.7 Å². The Labute approximate surface area is 253 Å². The number of aliphatic hydroxyl groups is 11. The molecule has 3 saturated heterocycles. The van der Waals surface area contributed by atoms with Gasteiger partial charge < -0.3 is 85.2 Å². The van der Waals surface area contributed by atoms with E-state index in [-0.39, 0.29) is 5.57 Å². The average Bonchev–Trinajstić information content (AvgIpc) is 3.00. The molecule has 19 atom stereocenters. The molecular formula is C27H47NO16. The molecule has 0 spiro atoms. The van der Waals surface area contributed by atoms with E-state index in [2.05, 4.69) is 5.32 Å². The van der Waals surface area contributed by atoms with Crippen LogP contribution in [0.3, 0.4) is 0 Å². The highest BCUT2D eigenvalue weighted by Gasteiger charge is 2.53. The smallest absolute Gasteiger partial charge is 0.187 e. The van der Waals surface area contributed by atoms with Crippen molar-refractivity contribution in [2.75, 3.05) is 19.8 Å². The van der Waals surface area contributed by atoms with Crippen molar-refractivity contribution in [2.24, 2.45) is 5.92 Å². The zero-order valence-electron chi connectivity index (χ0n) is 24.6. The third-order valence-electron chi connectivity index (χ3n) is 9.19. The molecule has 4 aliphatic rings. The quantitative estimate of drug-likeness (QED) is 0.104. The van der Waals surface area contributed by atoms with Gasteiger partial charge in [-0.2, -0.15) is 0 Å². The van der Waals surface area contributed by atoms with Gasteiger partial charge in [-0.25, -0.2) is 0 Å². The first kappa shape index (κ1) is 35.9. The van der Waals surface area contributed by atoms with Gasteiger partial charge in [-0.15, -0.1) is 0 Å². The number of hydrogen-bond acceptors (Lipinski definition) is 17. The molecule has 17 nitrogen and oxygen atoms in total. The minimum Gasteiger partial charge on any atom is -0.394 e. The molecule has 17 heteroatoms. The number of ether oxygens (including phenoxy) is 5. The van der Waals surface area contributed by atoms with Crippen LogP contribution in [0.25, 0.3) is 0 Å². The van der Waals surface area contributed by atoms with E-state index >= 15 is 0 Å². The SMILES string of the molecule is CC1OC(CO)C(OC2OC(CO)C(OC3OC(C)C(NC4C=C(CO)C(O)C(O)C4O)C(O)C3O)C(O)C2O)C(O)C1C. The van der Waals surface area contributed by atoms with Crippen molar-refractivity contribution in [1.29, 1.82) is 0 Å². The summed E-state index contributed by atoms with van der Waals surface area (Å²) < 4.78 is 28.6. The maximum Gasteiger partial charge on any atom is 0.187 e. The van der Waals surface area contributed by atoms with Crippen LogP contribution in [-0.2, 0) is 23.7 Å². The van der Waals surface area contributed by atoms with Crippen LogP contribution in [0.4, 0.5) is 0 Å². The second-order valence-corrected chi connectivity index (χ2v) is 12.1. The molecule has 3 fully saturated rings. The van der Waals surface area contributed by atoms with Gasteiger partial charge in [-0.1, -0.05) is 13.0 Å². The summed E-state index contributed by atoms with van der Waals surface area (Å²) in [6.07, 6.45) is -20.8. The molecule has 3 aliphatic heterocycles. The van der Waals surface area contributed by atoms with Gasteiger partial charge in [0.2, 0.25) is 0 Å². The molecule has 3 heterocycles. The van der Waals surface area contributed by atoms with E-state index in [0.29, 0.717) is 0 Å². The summed E-state index contributed by atoms with van der Waals surface area (Å²) >= 11 is 0. The first-order valence-corrected chi connectivity index (χ1v) is 14.8. The van der Waals surface area contributed by atoms with Gasteiger partial charge in [0, 0.05) is 5.92 Å². The van der Waals surface area contributed by atoms with Crippen LogP contribution < -0.4 is 5.32 Å². The zero-order valence-corrected chi connectivity index (χ0v) is 24.6. The molecule has 44 heavy (non-hydrogen) atoms. The fourth-order valence-corrected chi connectivity index (χ4v) is 6.17. The van der Waals surface area contributed by atoms with E-state index in [0.717, 1.165) is 0 Å². The number of nitrogens with one attached hydrogen (secondary N) is 1. The minimum absolute atomic E-state index is 0.0459. The summed E-state index contributed by atoms with van der Waals surface area (Å²) in [5.74, 6) is -0.402. The van der Waals surface area contributed by atoms with E-state index in [9.17, 15) is 56.2 Å². The molecule has 0 aromatic carbocycles. The van der Waals surface area contributed by atoms with E-state index in [1.807, 2.05) is 0 Å². The molecule has 0 bridgehead atoms. The summed E-state index contributed by atoms with van der Waals surface area (Å²) in [6, 6.07) is -2.10. The second kappa shape index (κ2) is 14.9. The number of rotatable bonds is 9. The van der Waals surface area contributed by atoms with Crippen LogP contribution in [0.1, 0.15) is 20.8 Å². The van der Waals surface area contributed by atoms with E-state index in [1.165, 1.54) is 13.0 Å². The lowest BCUT2D eigenvalue weighted by molar-refractivity contribution is -0.366. The van der Waals surface area contributed by atoms with E-state index < -0.39 is 136 Å². The fraction of sp³-hybridized carbons (Fsp3) is 0.926. The summed E-state index contributed by atoms with van der Waals surface area (Å²) in [7, 11) is 0. The van der Waals surface area contributed by atoms with Gasteiger partial charge >= 0.3 is 0 Å². The average molecular weight is 642 g/mol. The number of aliphatic hydroxyl groups excluding tert-OH is 11. The van der Waals surface area contributed by atoms with Gasteiger partial charge in [0.25, 0.3) is 0 Å². The maximum atomic E-state index is 11.0. The zero-order chi connectivity index (χ0) is 32.6. The van der Waals surface area contributed by atoms with Crippen LogP contribution in [-0.4, -0.2) is 186 Å². The summed E-state index contributed by atoms with van der Waals surface area (Å²) in [5, 5.41) is 117. The summed E-state index contributed by atoms with van der Waals surface area (Å²) in [4.78, 5) is 0. The number of hydrogen-bond donors (Lipinski definition) is 12. The lowest BCUT2D eigenvalue weighted by Crippen LogP contribution is -2.68. The molecule has 1 aliphatic carbocycles. The van der Waals surface area contributed by atoms with Crippen LogP contribution in [0.5, 0.6) is 0 Å². The third kappa shape index (κ3) is 6.99. The Morgan fingerprint density at radius 3 is 1.77 bits per heavy atom. The summed E-state index contributed by atoms with van der Waals surface area (Å²) in [6.45, 7) is 3.11. The molecular weight excluding hydrogens is 594 g/mol. The Morgan fingerprint density at radius 2 is 1.18 bits per heavy atom. The van der Waals surface area contributed by atoms with Crippen LogP contribution in [0, 0.1) is 5.92 Å². The van der Waals surface area contributed by atoms with Crippen LogP contribution in [0.15, 0.2) is 11.6 Å². The van der Waals surface area contributed by atoms with Gasteiger partial charge in [-0.3, -0.25) is 0 Å². The van der Waals surface area contributed by atoms with Crippen molar-refractivity contribution in [3.05, 3.63) is 11.6 Å². The van der Waals surface area contributed by atoms with Crippen molar-refractivity contribution in [2.45, 2.75) is 131 Å². The Kier molecular flexibility index (Phi) is 12.1. The van der Waals surface area contributed by atoms with Crippen molar-refractivity contribution < 1.29 is 79.9 Å². The van der Waals surface area contributed by atoms with Gasteiger partial charge in [0.1, 0.15) is 67.1 Å². The lowest BCUT2D eigenvalue weighted by atomic mass is 9.86. The fourth-order valence-electron chi connectivity index (χ4n) is 6.17. The molecule has 0 radical (unpaired) electrons. The van der Waals surface area contributed by atoms with Gasteiger partial charge in [0.05, 0.1) is 50.2 Å². The molecule has 0 aromatic heterocycles. The predicted octanol–water partition coefficient (Wildman–Crippen LogP) is -6.22.